The van der Waals surface area contributed by atoms with Crippen molar-refractivity contribution in [2.75, 3.05) is 12.4 Å². The minimum Gasteiger partial charge on any atom is -0.396 e. The molecule has 0 bridgehead atoms. The lowest BCUT2D eigenvalue weighted by molar-refractivity contribution is 0.296. The van der Waals surface area contributed by atoms with E-state index in [4.69, 9.17) is 21.2 Å². The second-order valence-corrected chi connectivity index (χ2v) is 5.19. The van der Waals surface area contributed by atoms with Crippen LogP contribution < -0.4 is 0 Å². The zero-order valence-electron chi connectivity index (χ0n) is 9.67. The van der Waals surface area contributed by atoms with Gasteiger partial charge in [-0.3, -0.25) is 0 Å². The molecule has 1 heterocycles. The second-order valence-electron chi connectivity index (χ2n) is 3.65. The van der Waals surface area contributed by atoms with Crippen molar-refractivity contribution in [2.45, 2.75) is 12.2 Å². The van der Waals surface area contributed by atoms with Gasteiger partial charge >= 0.3 is 0 Å². The maximum absolute atomic E-state index is 8.66. The van der Waals surface area contributed by atoms with E-state index in [1.807, 2.05) is 12.1 Å². The van der Waals surface area contributed by atoms with Gasteiger partial charge in [0.05, 0.1) is 5.75 Å². The number of aromatic nitrogens is 2. The van der Waals surface area contributed by atoms with Crippen molar-refractivity contribution in [1.82, 2.24) is 10.1 Å². The Labute approximate surface area is 114 Å². The minimum atomic E-state index is 0.218. The monoisotopic (exact) mass is 284 g/mol. The molecule has 0 atom stereocenters. The lowest BCUT2D eigenvalue weighted by atomic mass is 10.2. The van der Waals surface area contributed by atoms with Crippen molar-refractivity contribution in [2.24, 2.45) is 0 Å². The highest BCUT2D eigenvalue weighted by atomic mass is 35.5. The van der Waals surface area contributed by atoms with Crippen LogP contribution in [0, 0.1) is 0 Å². The van der Waals surface area contributed by atoms with Gasteiger partial charge in [0.15, 0.2) is 5.82 Å². The Hall–Kier alpha value is -1.04. The highest BCUT2D eigenvalue weighted by Gasteiger charge is 2.08. The molecule has 2 aromatic rings. The van der Waals surface area contributed by atoms with Crippen LogP contribution in [0.4, 0.5) is 0 Å². The number of aliphatic hydroxyl groups excluding tert-OH is 1. The Kier molecular flexibility index (Phi) is 5.04. The number of halogens is 1. The van der Waals surface area contributed by atoms with E-state index in [0.717, 1.165) is 17.7 Å². The van der Waals surface area contributed by atoms with E-state index < -0.39 is 0 Å². The van der Waals surface area contributed by atoms with Crippen LogP contribution in [0.15, 0.2) is 28.8 Å². The van der Waals surface area contributed by atoms with Gasteiger partial charge in [-0.25, -0.2) is 0 Å². The lowest BCUT2D eigenvalue weighted by Crippen LogP contribution is -1.89. The molecule has 0 aliphatic carbocycles. The fraction of sp³-hybridized carbons (Fsp3) is 0.333. The summed E-state index contributed by atoms with van der Waals surface area (Å²) >= 11 is 7.49. The molecule has 18 heavy (non-hydrogen) atoms. The van der Waals surface area contributed by atoms with Crippen LogP contribution in [-0.4, -0.2) is 27.6 Å². The largest absolute Gasteiger partial charge is 0.396 e. The van der Waals surface area contributed by atoms with Crippen LogP contribution in [-0.2, 0) is 5.75 Å². The third kappa shape index (κ3) is 3.73. The van der Waals surface area contributed by atoms with E-state index >= 15 is 0 Å². The van der Waals surface area contributed by atoms with Crippen molar-refractivity contribution in [1.29, 1.82) is 0 Å². The third-order valence-electron chi connectivity index (χ3n) is 2.24. The smallest absolute Gasteiger partial charge is 0.257 e. The molecule has 1 N–H and O–H groups in total. The quantitative estimate of drug-likeness (QED) is 0.826. The number of aliphatic hydroxyl groups is 1. The first-order valence-corrected chi connectivity index (χ1v) is 7.10. The van der Waals surface area contributed by atoms with Crippen LogP contribution in [0.3, 0.4) is 0 Å². The first kappa shape index (κ1) is 13.4. The maximum Gasteiger partial charge on any atom is 0.257 e. The average Bonchev–Trinajstić information content (AvgIpc) is 2.84. The SMILES string of the molecule is OCCCSCc1noc(-c2ccc(Cl)cc2)n1. The number of hydrogen-bond donors (Lipinski definition) is 1. The van der Waals surface area contributed by atoms with Crippen molar-refractivity contribution in [3.05, 3.63) is 35.1 Å². The average molecular weight is 285 g/mol. The van der Waals surface area contributed by atoms with Crippen molar-refractivity contribution < 1.29 is 9.63 Å². The molecule has 4 nitrogen and oxygen atoms in total. The van der Waals surface area contributed by atoms with Gasteiger partial charge in [-0.1, -0.05) is 16.8 Å². The van der Waals surface area contributed by atoms with Crippen LogP contribution in [0.1, 0.15) is 12.2 Å². The summed E-state index contributed by atoms with van der Waals surface area (Å²) in [5.74, 6) is 2.76. The molecule has 0 amide bonds. The number of thioether (sulfide) groups is 1. The van der Waals surface area contributed by atoms with Gasteiger partial charge in [0.2, 0.25) is 0 Å². The summed E-state index contributed by atoms with van der Waals surface area (Å²) in [7, 11) is 0. The highest BCUT2D eigenvalue weighted by Crippen LogP contribution is 2.20. The first-order chi connectivity index (χ1) is 8.79. The Morgan fingerprint density at radius 2 is 2.06 bits per heavy atom. The lowest BCUT2D eigenvalue weighted by Gasteiger charge is -1.94. The Bertz CT molecular complexity index is 487. The second kappa shape index (κ2) is 6.78. The predicted octanol–water partition coefficient (Wildman–Crippen LogP) is 3.01. The highest BCUT2D eigenvalue weighted by molar-refractivity contribution is 7.98. The molecule has 0 fully saturated rings. The van der Waals surface area contributed by atoms with E-state index in [1.54, 1.807) is 23.9 Å². The summed E-state index contributed by atoms with van der Waals surface area (Å²) in [5.41, 5.74) is 0.860. The fourth-order valence-corrected chi connectivity index (χ4v) is 2.26. The molecule has 1 aromatic heterocycles. The molecule has 2 rings (SSSR count). The minimum absolute atomic E-state index is 0.218. The van der Waals surface area contributed by atoms with Gasteiger partial charge in [0.1, 0.15) is 0 Å². The van der Waals surface area contributed by atoms with E-state index in [2.05, 4.69) is 10.1 Å². The Balaban J connectivity index is 1.95. The molecule has 0 spiro atoms. The fourth-order valence-electron chi connectivity index (χ4n) is 1.35. The molecule has 0 aliphatic rings. The van der Waals surface area contributed by atoms with Crippen molar-refractivity contribution >= 4 is 23.4 Å². The number of benzene rings is 1. The van der Waals surface area contributed by atoms with Crippen LogP contribution in [0.5, 0.6) is 0 Å². The number of rotatable bonds is 6. The van der Waals surface area contributed by atoms with Crippen molar-refractivity contribution in [3.63, 3.8) is 0 Å². The van der Waals surface area contributed by atoms with Crippen molar-refractivity contribution in [3.8, 4) is 11.5 Å². The molecule has 6 heteroatoms. The summed E-state index contributed by atoms with van der Waals surface area (Å²) in [6.45, 7) is 0.218. The molecule has 0 radical (unpaired) electrons. The maximum atomic E-state index is 8.66. The van der Waals surface area contributed by atoms with Gasteiger partial charge in [-0.2, -0.15) is 16.7 Å². The van der Waals surface area contributed by atoms with Crippen LogP contribution in [0.2, 0.25) is 5.02 Å². The standard InChI is InChI=1S/C12H13ClN2O2S/c13-10-4-2-9(3-5-10)12-14-11(15-17-12)8-18-7-1-6-16/h2-5,16H,1,6-8H2. The summed E-state index contributed by atoms with van der Waals surface area (Å²) in [5, 5.41) is 13.3. The van der Waals surface area contributed by atoms with E-state index in [1.165, 1.54) is 0 Å². The van der Waals surface area contributed by atoms with E-state index in [9.17, 15) is 0 Å². The van der Waals surface area contributed by atoms with Gasteiger partial charge < -0.3 is 9.63 Å². The van der Waals surface area contributed by atoms with Gasteiger partial charge in [0.25, 0.3) is 5.89 Å². The summed E-state index contributed by atoms with van der Waals surface area (Å²) in [6, 6.07) is 7.27. The molecule has 0 saturated heterocycles. The van der Waals surface area contributed by atoms with Gasteiger partial charge in [-0.15, -0.1) is 0 Å². The normalized spacial score (nSPS) is 10.8. The van der Waals surface area contributed by atoms with Gasteiger partial charge in [0, 0.05) is 17.2 Å². The molecular weight excluding hydrogens is 272 g/mol. The molecule has 0 aliphatic heterocycles. The Morgan fingerprint density at radius 1 is 1.28 bits per heavy atom. The van der Waals surface area contributed by atoms with E-state index in [-0.39, 0.29) is 6.61 Å². The zero-order valence-corrected chi connectivity index (χ0v) is 11.2. The Morgan fingerprint density at radius 3 is 2.78 bits per heavy atom. The van der Waals surface area contributed by atoms with Crippen LogP contribution >= 0.6 is 23.4 Å². The number of nitrogens with zero attached hydrogens (tertiary/aromatic N) is 2. The third-order valence-corrected chi connectivity index (χ3v) is 3.53. The van der Waals surface area contributed by atoms with Gasteiger partial charge in [-0.05, 0) is 36.4 Å². The van der Waals surface area contributed by atoms with E-state index in [0.29, 0.717) is 22.5 Å². The molecular formula is C12H13ClN2O2S. The topological polar surface area (TPSA) is 59.2 Å². The molecule has 1 aromatic carbocycles. The molecule has 0 saturated carbocycles. The summed E-state index contributed by atoms with van der Waals surface area (Å²) in [6.07, 6.45) is 0.784. The molecule has 96 valence electrons. The zero-order chi connectivity index (χ0) is 12.8. The summed E-state index contributed by atoms with van der Waals surface area (Å²) in [4.78, 5) is 4.30. The molecule has 0 unspecified atom stereocenters. The number of hydrogen-bond acceptors (Lipinski definition) is 5. The summed E-state index contributed by atoms with van der Waals surface area (Å²) < 4.78 is 5.18. The first-order valence-electron chi connectivity index (χ1n) is 5.56. The predicted molar refractivity (Wildman–Crippen MR) is 72.6 cm³/mol. The van der Waals surface area contributed by atoms with Crippen LogP contribution in [0.25, 0.3) is 11.5 Å².